The van der Waals surface area contributed by atoms with E-state index in [0.29, 0.717) is 13.2 Å². The highest BCUT2D eigenvalue weighted by Gasteiger charge is 2.06. The minimum absolute atomic E-state index is 0.329. The lowest BCUT2D eigenvalue weighted by Crippen LogP contribution is -2.38. The normalized spacial score (nSPS) is 12.1. The number of hydrogen-bond donors (Lipinski definition) is 2. The van der Waals surface area contributed by atoms with Crippen molar-refractivity contribution in [3.63, 3.8) is 0 Å². The summed E-state index contributed by atoms with van der Waals surface area (Å²) in [6.45, 7) is 2.95. The van der Waals surface area contributed by atoms with Crippen LogP contribution < -0.4 is 15.8 Å². The molecule has 0 saturated carbocycles. The summed E-state index contributed by atoms with van der Waals surface area (Å²) in [4.78, 5) is 12.1. The molecule has 0 aliphatic rings. The van der Waals surface area contributed by atoms with Gasteiger partial charge in [-0.05, 0) is 36.1 Å². The number of amides is 1. The Morgan fingerprint density at radius 1 is 1.35 bits per heavy atom. The summed E-state index contributed by atoms with van der Waals surface area (Å²) >= 11 is 1.68. The maximum absolute atomic E-state index is 10.9. The lowest BCUT2D eigenvalue weighted by atomic mass is 10.2. The zero-order chi connectivity index (χ0) is 14.4. The summed E-state index contributed by atoms with van der Waals surface area (Å²) in [7, 11) is 0. The van der Waals surface area contributed by atoms with Crippen molar-refractivity contribution >= 4 is 17.2 Å². The predicted molar refractivity (Wildman–Crippen MR) is 80.6 cm³/mol. The summed E-state index contributed by atoms with van der Waals surface area (Å²) in [6.07, 6.45) is 0. The lowest BCUT2D eigenvalue weighted by molar-refractivity contribution is -0.119. The number of rotatable bonds is 7. The summed E-state index contributed by atoms with van der Waals surface area (Å²) in [5.74, 6) is 0.492. The van der Waals surface area contributed by atoms with E-state index in [4.69, 9.17) is 10.5 Å². The van der Waals surface area contributed by atoms with Crippen LogP contribution in [0.2, 0.25) is 0 Å². The third kappa shape index (κ3) is 4.36. The van der Waals surface area contributed by atoms with Gasteiger partial charge in [0.15, 0.2) is 0 Å². The molecule has 0 bridgehead atoms. The standard InChI is InChI=1S/C15H18N2O2S/c1-11(15(16)18)17-9-12-4-6-13(7-5-12)19-10-14-3-2-8-20-14/h2-8,11,17H,9-10H2,1H3,(H2,16,18)/t11-/m0/s1. The molecular weight excluding hydrogens is 272 g/mol. The van der Waals surface area contributed by atoms with E-state index in [1.807, 2.05) is 41.8 Å². The first-order valence-electron chi connectivity index (χ1n) is 6.42. The molecule has 2 aromatic rings. The van der Waals surface area contributed by atoms with Crippen molar-refractivity contribution < 1.29 is 9.53 Å². The molecule has 1 aromatic carbocycles. The third-order valence-electron chi connectivity index (χ3n) is 2.92. The lowest BCUT2D eigenvalue weighted by Gasteiger charge is -2.10. The molecule has 1 aromatic heterocycles. The molecule has 0 radical (unpaired) electrons. The largest absolute Gasteiger partial charge is 0.488 e. The topological polar surface area (TPSA) is 64.3 Å². The number of nitrogens with one attached hydrogen (secondary N) is 1. The molecule has 0 spiro atoms. The zero-order valence-corrected chi connectivity index (χ0v) is 12.2. The van der Waals surface area contributed by atoms with Crippen molar-refractivity contribution in [2.75, 3.05) is 0 Å². The number of nitrogens with two attached hydrogens (primary N) is 1. The molecule has 20 heavy (non-hydrogen) atoms. The zero-order valence-electron chi connectivity index (χ0n) is 11.3. The number of hydrogen-bond acceptors (Lipinski definition) is 4. The SMILES string of the molecule is C[C@H](NCc1ccc(OCc2cccs2)cc1)C(N)=O. The van der Waals surface area contributed by atoms with Crippen LogP contribution in [0.5, 0.6) is 5.75 Å². The second-order valence-corrected chi connectivity index (χ2v) is 5.55. The first kappa shape index (κ1) is 14.6. The third-order valence-corrected chi connectivity index (χ3v) is 3.77. The van der Waals surface area contributed by atoms with Crippen molar-refractivity contribution in [3.8, 4) is 5.75 Å². The van der Waals surface area contributed by atoms with E-state index in [9.17, 15) is 4.79 Å². The van der Waals surface area contributed by atoms with Crippen LogP contribution >= 0.6 is 11.3 Å². The highest BCUT2D eigenvalue weighted by atomic mass is 32.1. The first-order valence-corrected chi connectivity index (χ1v) is 7.30. The number of benzene rings is 1. The molecule has 1 amide bonds. The molecule has 106 valence electrons. The molecule has 0 aliphatic heterocycles. The Hall–Kier alpha value is -1.85. The maximum atomic E-state index is 10.9. The Morgan fingerprint density at radius 3 is 2.70 bits per heavy atom. The van der Waals surface area contributed by atoms with Gasteiger partial charge in [0, 0.05) is 11.4 Å². The molecule has 0 saturated heterocycles. The molecule has 0 unspecified atom stereocenters. The molecule has 0 fully saturated rings. The van der Waals surface area contributed by atoms with Gasteiger partial charge >= 0.3 is 0 Å². The quantitative estimate of drug-likeness (QED) is 0.822. The van der Waals surface area contributed by atoms with E-state index in [1.54, 1.807) is 18.3 Å². The molecule has 1 atom stereocenters. The summed E-state index contributed by atoms with van der Waals surface area (Å²) in [6, 6.07) is 11.5. The van der Waals surface area contributed by atoms with Gasteiger partial charge in [0.2, 0.25) is 5.91 Å². The van der Waals surface area contributed by atoms with Crippen LogP contribution in [0.25, 0.3) is 0 Å². The van der Waals surface area contributed by atoms with Gasteiger partial charge in [0.25, 0.3) is 0 Å². The molecular formula is C15H18N2O2S. The van der Waals surface area contributed by atoms with Crippen molar-refractivity contribution in [1.29, 1.82) is 0 Å². The Balaban J connectivity index is 1.82. The van der Waals surface area contributed by atoms with E-state index in [0.717, 1.165) is 11.3 Å². The fourth-order valence-electron chi connectivity index (χ4n) is 1.62. The van der Waals surface area contributed by atoms with Crippen LogP contribution in [0, 0.1) is 0 Å². The van der Waals surface area contributed by atoms with Crippen LogP contribution in [-0.2, 0) is 17.9 Å². The van der Waals surface area contributed by atoms with Gasteiger partial charge in [-0.1, -0.05) is 18.2 Å². The summed E-state index contributed by atoms with van der Waals surface area (Å²) in [5.41, 5.74) is 6.27. The van der Waals surface area contributed by atoms with Crippen molar-refractivity contribution in [3.05, 3.63) is 52.2 Å². The van der Waals surface area contributed by atoms with Crippen LogP contribution in [-0.4, -0.2) is 11.9 Å². The van der Waals surface area contributed by atoms with Gasteiger partial charge in [0.1, 0.15) is 12.4 Å². The fourth-order valence-corrected chi connectivity index (χ4v) is 2.24. The molecule has 3 N–H and O–H groups in total. The van der Waals surface area contributed by atoms with E-state index in [2.05, 4.69) is 5.32 Å². The number of carbonyl (C=O) groups is 1. The average Bonchev–Trinajstić information content (AvgIpc) is 2.96. The Labute approximate surface area is 122 Å². The van der Waals surface area contributed by atoms with E-state index in [-0.39, 0.29) is 11.9 Å². The van der Waals surface area contributed by atoms with Gasteiger partial charge in [-0.2, -0.15) is 0 Å². The van der Waals surface area contributed by atoms with Crippen LogP contribution in [0.15, 0.2) is 41.8 Å². The number of primary amides is 1. The highest BCUT2D eigenvalue weighted by molar-refractivity contribution is 7.09. The Kier molecular flexibility index (Phi) is 5.15. The fraction of sp³-hybridized carbons (Fsp3) is 0.267. The van der Waals surface area contributed by atoms with Crippen molar-refractivity contribution in [1.82, 2.24) is 5.32 Å². The van der Waals surface area contributed by atoms with Crippen molar-refractivity contribution in [2.45, 2.75) is 26.1 Å². The smallest absolute Gasteiger partial charge is 0.234 e. The molecule has 0 aliphatic carbocycles. The van der Waals surface area contributed by atoms with E-state index >= 15 is 0 Å². The number of thiophene rings is 1. The number of carbonyl (C=O) groups excluding carboxylic acids is 1. The van der Waals surface area contributed by atoms with Crippen molar-refractivity contribution in [2.24, 2.45) is 5.73 Å². The molecule has 2 rings (SSSR count). The molecule has 4 nitrogen and oxygen atoms in total. The number of ether oxygens (including phenoxy) is 1. The first-order chi connectivity index (χ1) is 9.65. The second kappa shape index (κ2) is 7.07. The van der Waals surface area contributed by atoms with Gasteiger partial charge in [-0.15, -0.1) is 11.3 Å². The summed E-state index contributed by atoms with van der Waals surface area (Å²) < 4.78 is 5.69. The predicted octanol–water partition coefficient (Wildman–Crippen LogP) is 2.29. The average molecular weight is 290 g/mol. The Bertz CT molecular complexity index is 538. The van der Waals surface area contributed by atoms with Gasteiger partial charge in [0.05, 0.1) is 6.04 Å². The molecule has 5 heteroatoms. The molecule has 1 heterocycles. The van der Waals surface area contributed by atoms with E-state index < -0.39 is 0 Å². The second-order valence-electron chi connectivity index (χ2n) is 4.52. The Morgan fingerprint density at radius 2 is 2.10 bits per heavy atom. The summed E-state index contributed by atoms with van der Waals surface area (Å²) in [5, 5.41) is 5.09. The highest BCUT2D eigenvalue weighted by Crippen LogP contribution is 2.16. The minimum atomic E-state index is -0.346. The van der Waals surface area contributed by atoms with Crippen LogP contribution in [0.3, 0.4) is 0 Å². The van der Waals surface area contributed by atoms with Crippen LogP contribution in [0.4, 0.5) is 0 Å². The van der Waals surface area contributed by atoms with Gasteiger partial charge < -0.3 is 15.8 Å². The van der Waals surface area contributed by atoms with E-state index in [1.165, 1.54) is 4.88 Å². The van der Waals surface area contributed by atoms with Gasteiger partial charge in [-0.3, -0.25) is 4.79 Å². The maximum Gasteiger partial charge on any atom is 0.234 e. The minimum Gasteiger partial charge on any atom is -0.488 e. The monoisotopic (exact) mass is 290 g/mol. The van der Waals surface area contributed by atoms with Crippen LogP contribution in [0.1, 0.15) is 17.4 Å². The van der Waals surface area contributed by atoms with Gasteiger partial charge in [-0.25, -0.2) is 0 Å².